The molecule has 0 amide bonds. The average Bonchev–Trinajstić information content (AvgIpc) is 2.92. The summed E-state index contributed by atoms with van der Waals surface area (Å²) in [4.78, 5) is 25.6. The van der Waals surface area contributed by atoms with Crippen LogP contribution in [0, 0.1) is 24.7 Å². The molecule has 0 heterocycles. The second-order valence-electron chi connectivity index (χ2n) is 8.55. The summed E-state index contributed by atoms with van der Waals surface area (Å²) in [6, 6.07) is 12.1. The molecular weight excluding hydrogens is 558 g/mol. The van der Waals surface area contributed by atoms with Crippen LogP contribution in [0.2, 0.25) is 0 Å². The van der Waals surface area contributed by atoms with Gasteiger partial charge in [-0.05, 0) is 19.3 Å². The van der Waals surface area contributed by atoms with E-state index in [0.717, 1.165) is 24.3 Å². The number of alkyl halides is 6. The first-order chi connectivity index (χ1) is 19.2. The number of methoxy groups -OCH3 is 2. The van der Waals surface area contributed by atoms with E-state index in [4.69, 9.17) is 22.3 Å². The van der Waals surface area contributed by atoms with Gasteiger partial charge in [0, 0.05) is 25.3 Å². The summed E-state index contributed by atoms with van der Waals surface area (Å²) in [6.07, 6.45) is -3.40. The Bertz CT molecular complexity index is 1150. The molecule has 0 aliphatic carbocycles. The molecule has 2 rings (SSSR count). The summed E-state index contributed by atoms with van der Waals surface area (Å²) in [6.45, 7) is 0. The van der Waals surface area contributed by atoms with E-state index in [1.165, 1.54) is 36.4 Å². The highest BCUT2D eigenvalue weighted by Gasteiger charge is 2.65. The number of carbonyl (C=O) groups excluding carboxylic acids is 2. The zero-order valence-corrected chi connectivity index (χ0v) is 21.9. The minimum Gasteiger partial charge on any atom is -0.447 e. The van der Waals surface area contributed by atoms with E-state index in [-0.39, 0.29) is 19.3 Å². The Kier molecular flexibility index (Phi) is 11.0. The first kappa shape index (κ1) is 33.2. The number of hydrogen-bond donors (Lipinski definition) is 0. The molecule has 0 saturated heterocycles. The van der Waals surface area contributed by atoms with Crippen molar-refractivity contribution in [3.05, 3.63) is 71.8 Å². The summed E-state index contributed by atoms with van der Waals surface area (Å²) in [7, 11) is 1.38. The number of esters is 2. The lowest BCUT2D eigenvalue weighted by Crippen LogP contribution is -2.52. The van der Waals surface area contributed by atoms with Gasteiger partial charge in [-0.2, -0.15) is 26.3 Å². The number of halogens is 6. The van der Waals surface area contributed by atoms with Gasteiger partial charge < -0.3 is 18.9 Å². The minimum atomic E-state index is -5.23. The van der Waals surface area contributed by atoms with Crippen molar-refractivity contribution in [3.63, 3.8) is 0 Å². The van der Waals surface area contributed by atoms with E-state index >= 15 is 0 Å². The lowest BCUT2D eigenvalue weighted by Gasteiger charge is -2.33. The van der Waals surface area contributed by atoms with Crippen LogP contribution in [0.15, 0.2) is 60.7 Å². The molecule has 2 aromatic rings. The van der Waals surface area contributed by atoms with Crippen LogP contribution >= 0.6 is 0 Å². The van der Waals surface area contributed by atoms with Gasteiger partial charge in [0.2, 0.25) is 0 Å². The minimum absolute atomic E-state index is 0.112. The Morgan fingerprint density at radius 1 is 0.683 bits per heavy atom. The zero-order valence-electron chi connectivity index (χ0n) is 21.9. The highest BCUT2D eigenvalue weighted by molar-refractivity contribution is 5.83. The smallest absolute Gasteiger partial charge is 0.432 e. The van der Waals surface area contributed by atoms with Crippen molar-refractivity contribution in [2.24, 2.45) is 0 Å². The number of terminal acetylenes is 2. The third-order valence-corrected chi connectivity index (χ3v) is 6.15. The van der Waals surface area contributed by atoms with Crippen molar-refractivity contribution in [1.29, 1.82) is 0 Å². The van der Waals surface area contributed by atoms with E-state index in [0.29, 0.717) is 14.2 Å². The van der Waals surface area contributed by atoms with Gasteiger partial charge in [0.25, 0.3) is 11.2 Å². The number of benzene rings is 2. The zero-order chi connectivity index (χ0) is 30.9. The number of carbonyl (C=O) groups is 2. The van der Waals surface area contributed by atoms with Gasteiger partial charge in [-0.25, -0.2) is 9.59 Å². The highest BCUT2D eigenvalue weighted by atomic mass is 19.4. The van der Waals surface area contributed by atoms with Gasteiger partial charge in [-0.1, -0.05) is 72.5 Å². The monoisotopic (exact) mass is 584 g/mol. The van der Waals surface area contributed by atoms with Crippen LogP contribution in [-0.4, -0.2) is 50.7 Å². The third kappa shape index (κ3) is 6.84. The van der Waals surface area contributed by atoms with Gasteiger partial charge in [-0.15, -0.1) is 12.8 Å². The van der Waals surface area contributed by atoms with Crippen molar-refractivity contribution >= 4 is 11.9 Å². The maximum absolute atomic E-state index is 14.1. The molecule has 0 unspecified atom stereocenters. The molecule has 12 heteroatoms. The molecule has 0 fully saturated rings. The van der Waals surface area contributed by atoms with Crippen LogP contribution < -0.4 is 0 Å². The highest BCUT2D eigenvalue weighted by Crippen LogP contribution is 2.44. The molecular formula is C29H26F6O6. The van der Waals surface area contributed by atoms with E-state index < -0.39 is 58.8 Å². The van der Waals surface area contributed by atoms with Gasteiger partial charge in [-0.3, -0.25) is 0 Å². The molecule has 220 valence electrons. The quantitative estimate of drug-likeness (QED) is 0.188. The van der Waals surface area contributed by atoms with Gasteiger partial charge in [0.1, 0.15) is 0 Å². The predicted octanol–water partition coefficient (Wildman–Crippen LogP) is 5.46. The van der Waals surface area contributed by atoms with Crippen molar-refractivity contribution in [1.82, 2.24) is 0 Å². The second-order valence-corrected chi connectivity index (χ2v) is 8.55. The topological polar surface area (TPSA) is 71.1 Å². The van der Waals surface area contributed by atoms with Crippen molar-refractivity contribution in [3.8, 4) is 24.7 Å². The molecule has 0 spiro atoms. The summed E-state index contributed by atoms with van der Waals surface area (Å²) in [5.41, 5.74) is -8.03. The van der Waals surface area contributed by atoms with E-state index in [2.05, 4.69) is 9.47 Å². The number of rotatable bonds is 12. The fourth-order valence-electron chi connectivity index (χ4n) is 4.04. The first-order valence-electron chi connectivity index (χ1n) is 11.9. The summed E-state index contributed by atoms with van der Waals surface area (Å²) >= 11 is 0. The van der Waals surface area contributed by atoms with Crippen molar-refractivity contribution in [2.45, 2.75) is 55.0 Å². The van der Waals surface area contributed by atoms with Gasteiger partial charge >= 0.3 is 24.3 Å². The second kappa shape index (κ2) is 13.6. The summed E-state index contributed by atoms with van der Waals surface area (Å²) in [5, 5.41) is 0. The van der Waals surface area contributed by atoms with Crippen molar-refractivity contribution < 1.29 is 54.9 Å². The number of ether oxygens (including phenoxy) is 4. The number of hydrogen-bond acceptors (Lipinski definition) is 6. The Balaban J connectivity index is 2.16. The van der Waals surface area contributed by atoms with Crippen LogP contribution in [0.25, 0.3) is 0 Å². The predicted molar refractivity (Wildman–Crippen MR) is 134 cm³/mol. The summed E-state index contributed by atoms with van der Waals surface area (Å²) in [5.74, 6) is 0.451. The van der Waals surface area contributed by atoms with Crippen LogP contribution in [0.5, 0.6) is 0 Å². The fourth-order valence-corrected chi connectivity index (χ4v) is 4.04. The molecule has 0 aromatic heterocycles. The Morgan fingerprint density at radius 3 is 1.24 bits per heavy atom. The molecule has 0 bridgehead atoms. The molecule has 0 aliphatic heterocycles. The first-order valence-corrected chi connectivity index (χ1v) is 11.9. The van der Waals surface area contributed by atoms with Crippen LogP contribution in [-0.2, 0) is 39.7 Å². The normalized spacial score (nSPS) is 16.1. The fraction of sp³-hybridized carbons (Fsp3) is 0.379. The molecule has 0 saturated carbocycles. The molecule has 41 heavy (non-hydrogen) atoms. The van der Waals surface area contributed by atoms with Crippen LogP contribution in [0.1, 0.15) is 30.4 Å². The Morgan fingerprint density at radius 2 is 1.00 bits per heavy atom. The average molecular weight is 585 g/mol. The SMILES string of the molecule is C#C[C@H](CCC[C@@H](C#C)OC(=O)[C@@](OC)(c1ccccc1)C(F)(F)F)OC(=O)[C@@](OC)(c1ccccc1)C(F)(F)F. The van der Waals surface area contributed by atoms with E-state index in [1.807, 2.05) is 11.8 Å². The Hall–Kier alpha value is -4.00. The standard InChI is InChI=1S/C29H26F6O6/c1-5-22(40-24(36)26(38-3,28(30,31)32)20-14-9-7-10-15-20)18-13-19-23(6-2)41-25(37)27(39-4,29(33,34)35)21-16-11-8-12-17-21/h1-2,7-12,14-17,22-23H,13,18-19H2,3-4H3/t22-,23-,26+,27+/m1/s1. The van der Waals surface area contributed by atoms with Crippen molar-refractivity contribution in [2.75, 3.05) is 14.2 Å². The maximum atomic E-state index is 14.1. The van der Waals surface area contributed by atoms with Crippen LogP contribution in [0.3, 0.4) is 0 Å². The van der Waals surface area contributed by atoms with Gasteiger partial charge in [0.15, 0.2) is 12.2 Å². The van der Waals surface area contributed by atoms with E-state index in [1.54, 1.807) is 0 Å². The molecule has 0 radical (unpaired) electrons. The third-order valence-electron chi connectivity index (χ3n) is 6.15. The van der Waals surface area contributed by atoms with Gasteiger partial charge in [0.05, 0.1) is 0 Å². The molecule has 4 atom stereocenters. The largest absolute Gasteiger partial charge is 0.447 e. The molecule has 2 aromatic carbocycles. The van der Waals surface area contributed by atoms with Crippen LogP contribution in [0.4, 0.5) is 26.3 Å². The molecule has 0 aliphatic rings. The summed E-state index contributed by atoms with van der Waals surface area (Å²) < 4.78 is 104. The lowest BCUT2D eigenvalue weighted by atomic mass is 9.92. The molecule has 0 N–H and O–H groups in total. The molecule has 6 nitrogen and oxygen atoms in total. The Labute approximate surface area is 232 Å². The maximum Gasteiger partial charge on any atom is 0.432 e. The van der Waals surface area contributed by atoms with E-state index in [9.17, 15) is 35.9 Å². The lowest BCUT2D eigenvalue weighted by molar-refractivity contribution is -0.278.